The summed E-state index contributed by atoms with van der Waals surface area (Å²) in [6.45, 7) is 5.76. The Morgan fingerprint density at radius 1 is 0.973 bits per heavy atom. The van der Waals surface area contributed by atoms with Gasteiger partial charge in [-0.1, -0.05) is 48.9 Å². The second-order valence-electron chi connectivity index (χ2n) is 10.1. The standard InChI is InChI=1S/C30H34N2O4S/c1-4-26(24-13-12-22-7-5-6-8-23(22)18-24)31-30(33)29-19-32(27-17-21(3)11-16-28(27)36-29)37(34,35)25-14-9-20(2)10-15-25/h9-18,26,29H,4-8,19H2,1-3H3,(H,31,33)/t26-,29-/m1/s1. The molecule has 5 rings (SSSR count). The molecule has 194 valence electrons. The maximum Gasteiger partial charge on any atom is 0.264 e. The Morgan fingerprint density at radius 3 is 2.41 bits per heavy atom. The highest BCUT2D eigenvalue weighted by Gasteiger charge is 2.38. The number of hydrogen-bond donors (Lipinski definition) is 1. The molecular formula is C30H34N2O4S. The van der Waals surface area contributed by atoms with Crippen molar-refractivity contribution in [1.82, 2.24) is 5.32 Å². The van der Waals surface area contributed by atoms with Crippen LogP contribution in [0.1, 0.15) is 60.0 Å². The maximum absolute atomic E-state index is 13.7. The number of sulfonamides is 1. The molecule has 0 aromatic heterocycles. The number of nitrogens with one attached hydrogen (secondary N) is 1. The first kappa shape index (κ1) is 25.3. The van der Waals surface area contributed by atoms with E-state index >= 15 is 0 Å². The molecule has 0 saturated carbocycles. The minimum atomic E-state index is -3.90. The molecule has 2 aliphatic rings. The predicted molar refractivity (Wildman–Crippen MR) is 146 cm³/mol. The highest BCUT2D eigenvalue weighted by Crippen LogP contribution is 2.38. The van der Waals surface area contributed by atoms with Crippen LogP contribution in [0.3, 0.4) is 0 Å². The molecule has 0 radical (unpaired) electrons. The summed E-state index contributed by atoms with van der Waals surface area (Å²) in [6, 6.07) is 18.5. The van der Waals surface area contributed by atoms with Crippen molar-refractivity contribution < 1.29 is 17.9 Å². The Bertz CT molecular complexity index is 1420. The van der Waals surface area contributed by atoms with Gasteiger partial charge in [-0.2, -0.15) is 0 Å². The van der Waals surface area contributed by atoms with E-state index in [1.54, 1.807) is 36.4 Å². The van der Waals surface area contributed by atoms with E-state index in [0.717, 1.165) is 36.0 Å². The van der Waals surface area contributed by atoms with E-state index in [9.17, 15) is 13.2 Å². The molecule has 0 fully saturated rings. The van der Waals surface area contributed by atoms with Crippen molar-refractivity contribution >= 4 is 21.6 Å². The smallest absolute Gasteiger partial charge is 0.264 e. The first-order chi connectivity index (χ1) is 17.8. The number of carbonyl (C=O) groups is 1. The van der Waals surface area contributed by atoms with Gasteiger partial charge in [-0.3, -0.25) is 9.10 Å². The highest BCUT2D eigenvalue weighted by atomic mass is 32.2. The fourth-order valence-corrected chi connectivity index (χ4v) is 6.69. The number of carbonyl (C=O) groups excluding carboxylic acids is 1. The molecule has 0 unspecified atom stereocenters. The average molecular weight is 519 g/mol. The van der Waals surface area contributed by atoms with Crippen LogP contribution in [0.2, 0.25) is 0 Å². The number of anilines is 1. The highest BCUT2D eigenvalue weighted by molar-refractivity contribution is 7.92. The number of amides is 1. The monoisotopic (exact) mass is 518 g/mol. The van der Waals surface area contributed by atoms with Crippen molar-refractivity contribution in [3.8, 4) is 5.75 Å². The summed E-state index contributed by atoms with van der Waals surface area (Å²) < 4.78 is 34.8. The number of benzene rings is 3. The van der Waals surface area contributed by atoms with Crippen LogP contribution < -0.4 is 14.4 Å². The zero-order valence-corrected chi connectivity index (χ0v) is 22.5. The lowest BCUT2D eigenvalue weighted by Crippen LogP contribution is -2.51. The Kier molecular flexibility index (Phi) is 6.99. The summed E-state index contributed by atoms with van der Waals surface area (Å²) in [6.07, 6.45) is 4.35. The summed E-state index contributed by atoms with van der Waals surface area (Å²) >= 11 is 0. The number of rotatable bonds is 6. The number of hydrogen-bond acceptors (Lipinski definition) is 4. The van der Waals surface area contributed by atoms with Gasteiger partial charge in [0.05, 0.1) is 23.2 Å². The van der Waals surface area contributed by atoms with E-state index in [1.165, 1.54) is 28.3 Å². The lowest BCUT2D eigenvalue weighted by Gasteiger charge is -2.35. The number of fused-ring (bicyclic) bond motifs is 2. The summed E-state index contributed by atoms with van der Waals surface area (Å²) in [5, 5.41) is 3.14. The third-order valence-electron chi connectivity index (χ3n) is 7.39. The largest absolute Gasteiger partial charge is 0.476 e. The molecule has 2 atom stereocenters. The van der Waals surface area contributed by atoms with Crippen LogP contribution in [-0.2, 0) is 27.7 Å². The second kappa shape index (κ2) is 10.2. The molecule has 1 heterocycles. The third kappa shape index (κ3) is 5.10. The summed E-state index contributed by atoms with van der Waals surface area (Å²) in [5.41, 5.74) is 6.18. The Morgan fingerprint density at radius 2 is 1.68 bits per heavy atom. The molecule has 3 aromatic carbocycles. The molecular weight excluding hydrogens is 484 g/mol. The zero-order valence-electron chi connectivity index (χ0n) is 21.7. The van der Waals surface area contributed by atoms with Crippen LogP contribution in [0, 0.1) is 13.8 Å². The normalized spacial score (nSPS) is 17.8. The van der Waals surface area contributed by atoms with Gasteiger partial charge in [0.15, 0.2) is 6.10 Å². The van der Waals surface area contributed by atoms with Crippen LogP contribution in [-0.4, -0.2) is 27.0 Å². The number of nitrogens with zero attached hydrogens (tertiary/aromatic N) is 1. The maximum atomic E-state index is 13.7. The van der Waals surface area contributed by atoms with Gasteiger partial charge in [0.2, 0.25) is 0 Å². The fraction of sp³-hybridized carbons (Fsp3) is 0.367. The minimum Gasteiger partial charge on any atom is -0.476 e. The van der Waals surface area contributed by atoms with Gasteiger partial charge in [0.1, 0.15) is 5.75 Å². The summed E-state index contributed by atoms with van der Waals surface area (Å²) in [7, 11) is -3.90. The zero-order chi connectivity index (χ0) is 26.2. The first-order valence-electron chi connectivity index (χ1n) is 13.0. The summed E-state index contributed by atoms with van der Waals surface area (Å²) in [4.78, 5) is 13.7. The second-order valence-corrected chi connectivity index (χ2v) is 12.0. The lowest BCUT2D eigenvalue weighted by molar-refractivity contribution is -0.128. The SMILES string of the molecule is CC[C@@H](NC(=O)[C@H]1CN(S(=O)(=O)c2ccc(C)cc2)c2cc(C)ccc2O1)c1ccc2c(c1)CCCC2. The minimum absolute atomic E-state index is 0.0981. The van der Waals surface area contributed by atoms with Gasteiger partial charge in [-0.25, -0.2) is 8.42 Å². The van der Waals surface area contributed by atoms with Crippen molar-refractivity contribution in [3.05, 3.63) is 88.5 Å². The van der Waals surface area contributed by atoms with Crippen LogP contribution in [0.5, 0.6) is 5.75 Å². The molecule has 6 nitrogen and oxygen atoms in total. The fourth-order valence-electron chi connectivity index (χ4n) is 5.22. The molecule has 1 N–H and O–H groups in total. The quantitative estimate of drug-likeness (QED) is 0.474. The number of ether oxygens (including phenoxy) is 1. The molecule has 7 heteroatoms. The number of aryl methyl sites for hydroxylation is 4. The topological polar surface area (TPSA) is 75.7 Å². The third-order valence-corrected chi connectivity index (χ3v) is 9.18. The van der Waals surface area contributed by atoms with E-state index < -0.39 is 16.1 Å². The van der Waals surface area contributed by atoms with E-state index in [1.807, 2.05) is 26.8 Å². The van der Waals surface area contributed by atoms with Crippen molar-refractivity contribution in [3.63, 3.8) is 0 Å². The van der Waals surface area contributed by atoms with Gasteiger partial charge in [0.25, 0.3) is 15.9 Å². The lowest BCUT2D eigenvalue weighted by atomic mass is 9.88. The average Bonchev–Trinajstić information content (AvgIpc) is 2.91. The van der Waals surface area contributed by atoms with Crippen molar-refractivity contribution in [1.29, 1.82) is 0 Å². The van der Waals surface area contributed by atoms with Gasteiger partial charge in [0, 0.05) is 0 Å². The molecule has 0 saturated heterocycles. The molecule has 1 amide bonds. The molecule has 1 aliphatic heterocycles. The first-order valence-corrected chi connectivity index (χ1v) is 14.5. The van der Waals surface area contributed by atoms with E-state index in [2.05, 4.69) is 23.5 Å². The van der Waals surface area contributed by atoms with Crippen molar-refractivity contribution in [2.24, 2.45) is 0 Å². The van der Waals surface area contributed by atoms with Crippen LogP contribution >= 0.6 is 0 Å². The molecule has 37 heavy (non-hydrogen) atoms. The van der Waals surface area contributed by atoms with Crippen LogP contribution in [0.4, 0.5) is 5.69 Å². The molecule has 3 aromatic rings. The van der Waals surface area contributed by atoms with Crippen LogP contribution in [0.15, 0.2) is 65.6 Å². The molecule has 0 spiro atoms. The molecule has 0 bridgehead atoms. The Labute approximate surface area is 219 Å². The molecule has 1 aliphatic carbocycles. The van der Waals surface area contributed by atoms with E-state index in [-0.39, 0.29) is 23.4 Å². The van der Waals surface area contributed by atoms with Crippen molar-refractivity contribution in [2.75, 3.05) is 10.8 Å². The van der Waals surface area contributed by atoms with Gasteiger partial charge < -0.3 is 10.1 Å². The van der Waals surface area contributed by atoms with Gasteiger partial charge in [-0.15, -0.1) is 0 Å². The Balaban J connectivity index is 1.42. The van der Waals surface area contributed by atoms with Gasteiger partial charge in [-0.05, 0) is 92.5 Å². The van der Waals surface area contributed by atoms with E-state index in [0.29, 0.717) is 11.4 Å². The van der Waals surface area contributed by atoms with Crippen molar-refractivity contribution in [2.45, 2.75) is 69.9 Å². The van der Waals surface area contributed by atoms with E-state index in [4.69, 9.17) is 4.74 Å². The van der Waals surface area contributed by atoms with Gasteiger partial charge >= 0.3 is 0 Å². The Hall–Kier alpha value is -3.32. The predicted octanol–water partition coefficient (Wildman–Crippen LogP) is 5.41. The van der Waals surface area contributed by atoms with Crippen LogP contribution in [0.25, 0.3) is 0 Å². The summed E-state index contributed by atoms with van der Waals surface area (Å²) in [5.74, 6) is 0.0643.